The van der Waals surface area contributed by atoms with Gasteiger partial charge in [-0.3, -0.25) is 0 Å². The number of hydrogen-bond acceptors (Lipinski definition) is 2. The van der Waals surface area contributed by atoms with Crippen LogP contribution in [0.25, 0.3) is 0 Å². The summed E-state index contributed by atoms with van der Waals surface area (Å²) in [6.45, 7) is 0. The van der Waals surface area contributed by atoms with Gasteiger partial charge >= 0.3 is 0 Å². The average molecular weight is 145 g/mol. The Morgan fingerprint density at radius 1 is 1.30 bits per heavy atom. The molecule has 10 heavy (non-hydrogen) atoms. The fourth-order valence-corrected chi connectivity index (χ4v) is 0.557. The van der Waals surface area contributed by atoms with Crippen LogP contribution in [0.4, 0.5) is 14.5 Å². The summed E-state index contributed by atoms with van der Waals surface area (Å²) in [7, 11) is 0. The number of nitrogen functional groups attached to an aromatic ring is 1. The van der Waals surface area contributed by atoms with Gasteiger partial charge in [-0.2, -0.15) is 0 Å². The largest absolute Gasteiger partial charge is 0.503 e. The van der Waals surface area contributed by atoms with Crippen LogP contribution in [0.2, 0.25) is 0 Å². The second-order valence-electron chi connectivity index (χ2n) is 1.80. The molecule has 0 spiro atoms. The van der Waals surface area contributed by atoms with Crippen LogP contribution in [0.1, 0.15) is 0 Å². The number of benzene rings is 1. The summed E-state index contributed by atoms with van der Waals surface area (Å²) >= 11 is 0. The average Bonchev–Trinajstić information content (AvgIpc) is 1.93. The Morgan fingerprint density at radius 2 is 1.90 bits per heavy atom. The first-order chi connectivity index (χ1) is 4.63. The van der Waals surface area contributed by atoms with E-state index in [2.05, 4.69) is 0 Å². The first kappa shape index (κ1) is 6.80. The molecule has 0 aliphatic carbocycles. The Balaban J connectivity index is 3.34. The predicted molar refractivity (Wildman–Crippen MR) is 32.4 cm³/mol. The summed E-state index contributed by atoms with van der Waals surface area (Å²) in [6.07, 6.45) is 0. The van der Waals surface area contributed by atoms with Crippen molar-refractivity contribution in [1.82, 2.24) is 0 Å². The van der Waals surface area contributed by atoms with Gasteiger partial charge in [0.05, 0.1) is 5.69 Å². The van der Waals surface area contributed by atoms with Crippen molar-refractivity contribution in [2.75, 3.05) is 5.73 Å². The maximum atomic E-state index is 12.4. The Labute approximate surface area is 55.9 Å². The lowest BCUT2D eigenvalue weighted by Crippen LogP contribution is -1.91. The molecular weight excluding hydrogens is 140 g/mol. The number of aromatic hydroxyl groups is 1. The second-order valence-corrected chi connectivity index (χ2v) is 1.80. The zero-order valence-corrected chi connectivity index (χ0v) is 4.94. The highest BCUT2D eigenvalue weighted by atomic mass is 19.1. The van der Waals surface area contributed by atoms with E-state index in [9.17, 15) is 8.78 Å². The molecule has 0 saturated carbocycles. The molecule has 0 aliphatic heterocycles. The van der Waals surface area contributed by atoms with Gasteiger partial charge < -0.3 is 10.8 Å². The molecule has 0 atom stereocenters. The molecule has 0 aliphatic rings. The molecule has 0 bridgehead atoms. The van der Waals surface area contributed by atoms with E-state index in [0.29, 0.717) is 0 Å². The van der Waals surface area contributed by atoms with Gasteiger partial charge in [-0.1, -0.05) is 0 Å². The Kier molecular flexibility index (Phi) is 1.45. The standard InChI is InChI=1S/C6H5F2NO/c7-3-1-2-4(9)5(8)6(3)10/h1-2,10H,9H2. The predicted octanol–water partition coefficient (Wildman–Crippen LogP) is 1.25. The number of phenols is 1. The number of halogens is 2. The summed E-state index contributed by atoms with van der Waals surface area (Å²) in [5.41, 5.74) is 4.72. The van der Waals surface area contributed by atoms with Gasteiger partial charge in [-0.25, -0.2) is 8.78 Å². The van der Waals surface area contributed by atoms with E-state index in [-0.39, 0.29) is 5.69 Å². The molecule has 3 N–H and O–H groups in total. The molecule has 2 nitrogen and oxygen atoms in total. The van der Waals surface area contributed by atoms with Gasteiger partial charge in [-0.05, 0) is 12.1 Å². The maximum Gasteiger partial charge on any atom is 0.190 e. The van der Waals surface area contributed by atoms with E-state index >= 15 is 0 Å². The molecule has 1 aromatic rings. The van der Waals surface area contributed by atoms with E-state index in [0.717, 1.165) is 12.1 Å². The highest BCUT2D eigenvalue weighted by Crippen LogP contribution is 2.23. The molecule has 0 saturated heterocycles. The first-order valence-electron chi connectivity index (χ1n) is 2.55. The van der Waals surface area contributed by atoms with Crippen LogP contribution in [-0.4, -0.2) is 5.11 Å². The lowest BCUT2D eigenvalue weighted by molar-refractivity contribution is 0.398. The van der Waals surface area contributed by atoms with E-state index in [1.807, 2.05) is 0 Å². The highest BCUT2D eigenvalue weighted by Gasteiger charge is 2.08. The van der Waals surface area contributed by atoms with Crippen molar-refractivity contribution in [3.63, 3.8) is 0 Å². The third-order valence-electron chi connectivity index (χ3n) is 1.10. The monoisotopic (exact) mass is 145 g/mol. The van der Waals surface area contributed by atoms with Crippen LogP contribution in [0.5, 0.6) is 5.75 Å². The summed E-state index contributed by atoms with van der Waals surface area (Å²) in [4.78, 5) is 0. The van der Waals surface area contributed by atoms with Crippen molar-refractivity contribution in [3.8, 4) is 5.75 Å². The molecule has 4 heteroatoms. The minimum Gasteiger partial charge on any atom is -0.503 e. The van der Waals surface area contributed by atoms with Crippen LogP contribution in [0.15, 0.2) is 12.1 Å². The maximum absolute atomic E-state index is 12.4. The molecule has 0 aromatic heterocycles. The molecule has 0 fully saturated rings. The fourth-order valence-electron chi connectivity index (χ4n) is 0.557. The zero-order valence-electron chi connectivity index (χ0n) is 4.94. The number of anilines is 1. The molecule has 54 valence electrons. The van der Waals surface area contributed by atoms with Crippen molar-refractivity contribution >= 4 is 5.69 Å². The van der Waals surface area contributed by atoms with Crippen molar-refractivity contribution in [2.45, 2.75) is 0 Å². The topological polar surface area (TPSA) is 46.2 Å². The normalized spacial score (nSPS) is 9.80. The molecular formula is C6H5F2NO. The molecule has 1 rings (SSSR count). The minimum absolute atomic E-state index is 0.265. The zero-order chi connectivity index (χ0) is 7.72. The highest BCUT2D eigenvalue weighted by molar-refractivity contribution is 5.45. The molecule has 1 aromatic carbocycles. The third kappa shape index (κ3) is 0.877. The second kappa shape index (κ2) is 2.13. The number of hydrogen-bond donors (Lipinski definition) is 2. The van der Waals surface area contributed by atoms with Gasteiger partial charge in [0, 0.05) is 0 Å². The third-order valence-corrected chi connectivity index (χ3v) is 1.10. The number of nitrogens with two attached hydrogens (primary N) is 1. The fraction of sp³-hybridized carbons (Fsp3) is 0. The Morgan fingerprint density at radius 3 is 2.40 bits per heavy atom. The van der Waals surface area contributed by atoms with Crippen LogP contribution >= 0.6 is 0 Å². The van der Waals surface area contributed by atoms with E-state index < -0.39 is 17.4 Å². The van der Waals surface area contributed by atoms with Crippen molar-refractivity contribution in [2.24, 2.45) is 0 Å². The van der Waals surface area contributed by atoms with Gasteiger partial charge in [0.1, 0.15) is 0 Å². The van der Waals surface area contributed by atoms with Crippen LogP contribution in [-0.2, 0) is 0 Å². The van der Waals surface area contributed by atoms with Crippen LogP contribution < -0.4 is 5.73 Å². The van der Waals surface area contributed by atoms with Crippen molar-refractivity contribution < 1.29 is 13.9 Å². The summed E-state index contributed by atoms with van der Waals surface area (Å²) in [6, 6.07) is 1.94. The molecule has 0 heterocycles. The molecule has 0 unspecified atom stereocenters. The first-order valence-corrected chi connectivity index (χ1v) is 2.55. The van der Waals surface area contributed by atoms with Crippen molar-refractivity contribution in [3.05, 3.63) is 23.8 Å². The Hall–Kier alpha value is -1.32. The summed E-state index contributed by atoms with van der Waals surface area (Å²) in [5, 5.41) is 8.56. The smallest absolute Gasteiger partial charge is 0.190 e. The SMILES string of the molecule is Nc1ccc(F)c(O)c1F. The number of phenolic OH excluding ortho intramolecular Hbond substituents is 1. The van der Waals surface area contributed by atoms with E-state index in [1.54, 1.807) is 0 Å². The lowest BCUT2D eigenvalue weighted by atomic mass is 10.3. The van der Waals surface area contributed by atoms with Gasteiger partial charge in [0.25, 0.3) is 0 Å². The van der Waals surface area contributed by atoms with Gasteiger partial charge in [0.15, 0.2) is 17.4 Å². The van der Waals surface area contributed by atoms with Crippen LogP contribution in [0, 0.1) is 11.6 Å². The number of rotatable bonds is 0. The molecule has 0 radical (unpaired) electrons. The Bertz CT molecular complexity index is 235. The minimum atomic E-state index is -1.11. The molecule has 0 amide bonds. The van der Waals surface area contributed by atoms with Crippen LogP contribution in [0.3, 0.4) is 0 Å². The van der Waals surface area contributed by atoms with Gasteiger partial charge in [-0.15, -0.1) is 0 Å². The van der Waals surface area contributed by atoms with E-state index in [4.69, 9.17) is 10.8 Å². The van der Waals surface area contributed by atoms with E-state index in [1.165, 1.54) is 0 Å². The summed E-state index contributed by atoms with van der Waals surface area (Å²) < 4.78 is 24.6. The lowest BCUT2D eigenvalue weighted by Gasteiger charge is -1.98. The van der Waals surface area contributed by atoms with Crippen molar-refractivity contribution in [1.29, 1.82) is 0 Å². The quantitative estimate of drug-likeness (QED) is 0.539. The summed E-state index contributed by atoms with van der Waals surface area (Å²) in [5.74, 6) is -3.15. The van der Waals surface area contributed by atoms with Gasteiger partial charge in [0.2, 0.25) is 0 Å².